The van der Waals surface area contributed by atoms with Crippen LogP contribution in [-0.2, 0) is 10.2 Å². The molecule has 0 saturated carbocycles. The van der Waals surface area contributed by atoms with Crippen molar-refractivity contribution in [3.8, 4) is 0 Å². The number of aliphatic carboxylic acids is 1. The summed E-state index contributed by atoms with van der Waals surface area (Å²) in [5, 5.41) is 17.0. The van der Waals surface area contributed by atoms with Crippen LogP contribution in [0.25, 0.3) is 10.9 Å². The number of hydrogen-bond acceptors (Lipinski definition) is 2. The van der Waals surface area contributed by atoms with E-state index in [0.717, 1.165) is 5.39 Å². The molecule has 0 aliphatic rings. The summed E-state index contributed by atoms with van der Waals surface area (Å²) < 4.78 is 0. The molecule has 4 nitrogen and oxygen atoms in total. The van der Waals surface area contributed by atoms with Crippen molar-refractivity contribution in [2.24, 2.45) is 0 Å². The number of carboxylic acid groups (broad SMARTS) is 1. The highest BCUT2D eigenvalue weighted by Gasteiger charge is 2.29. The molecule has 2 N–H and O–H groups in total. The normalized spacial score (nSPS) is 11.9. The molecule has 0 spiro atoms. The lowest BCUT2D eigenvalue weighted by Gasteiger charge is -2.19. The number of benzene rings is 1. The van der Waals surface area contributed by atoms with E-state index in [1.807, 2.05) is 0 Å². The Kier molecular flexibility index (Phi) is 2.39. The predicted octanol–water partition coefficient (Wildman–Crippen LogP) is 2.58. The van der Waals surface area contributed by atoms with Crippen molar-refractivity contribution in [2.45, 2.75) is 19.3 Å². The van der Waals surface area contributed by atoms with Crippen molar-refractivity contribution in [1.82, 2.24) is 10.2 Å². The smallest absolute Gasteiger partial charge is 0.313 e. The van der Waals surface area contributed by atoms with Crippen LogP contribution in [0.4, 0.5) is 0 Å². The molecule has 1 aromatic heterocycles. The Balaban J connectivity index is 2.59. The molecule has 5 heteroatoms. The second kappa shape index (κ2) is 3.49. The third-order valence-corrected chi connectivity index (χ3v) is 3.05. The molecule has 0 amide bonds. The van der Waals surface area contributed by atoms with Gasteiger partial charge in [0.05, 0.1) is 10.9 Å². The summed E-state index contributed by atoms with van der Waals surface area (Å²) in [4.78, 5) is 11.1. The van der Waals surface area contributed by atoms with Crippen LogP contribution in [0.1, 0.15) is 19.4 Å². The quantitative estimate of drug-likeness (QED) is 0.845. The molecule has 2 aromatic rings. The number of halogens is 1. The van der Waals surface area contributed by atoms with Crippen molar-refractivity contribution in [2.75, 3.05) is 0 Å². The van der Waals surface area contributed by atoms with E-state index >= 15 is 0 Å². The summed E-state index contributed by atoms with van der Waals surface area (Å²) in [6.45, 7) is 3.32. The second-order valence-electron chi connectivity index (χ2n) is 4.20. The van der Waals surface area contributed by atoms with Gasteiger partial charge in [-0.15, -0.1) is 0 Å². The van der Waals surface area contributed by atoms with Crippen LogP contribution in [0.5, 0.6) is 0 Å². The van der Waals surface area contributed by atoms with Gasteiger partial charge in [-0.05, 0) is 31.5 Å². The molecule has 0 atom stereocenters. The van der Waals surface area contributed by atoms with Crippen LogP contribution in [0.3, 0.4) is 0 Å². The molecule has 0 aliphatic carbocycles. The van der Waals surface area contributed by atoms with E-state index < -0.39 is 11.4 Å². The van der Waals surface area contributed by atoms with Crippen molar-refractivity contribution in [3.63, 3.8) is 0 Å². The molecule has 0 saturated heterocycles. The van der Waals surface area contributed by atoms with Crippen LogP contribution < -0.4 is 0 Å². The number of nitrogens with zero attached hydrogens (tertiary/aromatic N) is 1. The van der Waals surface area contributed by atoms with Crippen LogP contribution in [0.15, 0.2) is 18.2 Å². The highest BCUT2D eigenvalue weighted by Crippen LogP contribution is 2.28. The van der Waals surface area contributed by atoms with Gasteiger partial charge >= 0.3 is 5.97 Å². The van der Waals surface area contributed by atoms with Crippen molar-refractivity contribution in [3.05, 3.63) is 28.9 Å². The molecule has 84 valence electrons. The first kappa shape index (κ1) is 11.0. The van der Waals surface area contributed by atoms with Gasteiger partial charge in [0.25, 0.3) is 0 Å². The lowest BCUT2D eigenvalue weighted by atomic mass is 9.84. The van der Waals surface area contributed by atoms with E-state index in [0.29, 0.717) is 16.2 Å². The monoisotopic (exact) mass is 238 g/mol. The molecule has 2 rings (SSSR count). The number of hydrogen-bond donors (Lipinski definition) is 2. The van der Waals surface area contributed by atoms with E-state index in [1.54, 1.807) is 32.0 Å². The Morgan fingerprint density at radius 1 is 1.50 bits per heavy atom. The number of carbonyl (C=O) groups is 1. The number of aromatic amines is 1. The average Bonchev–Trinajstić information content (AvgIpc) is 2.60. The van der Waals surface area contributed by atoms with Gasteiger partial charge in [-0.25, -0.2) is 0 Å². The SMILES string of the molecule is CC(C)(C(=O)O)c1ccc2c(Cl)[nH]nc2c1. The van der Waals surface area contributed by atoms with Gasteiger partial charge in [-0.2, -0.15) is 5.10 Å². The Morgan fingerprint density at radius 3 is 2.81 bits per heavy atom. The maximum absolute atomic E-state index is 11.1. The summed E-state index contributed by atoms with van der Waals surface area (Å²) in [7, 11) is 0. The molecule has 1 aromatic carbocycles. The largest absolute Gasteiger partial charge is 0.481 e. The Bertz CT molecular complexity index is 560. The standard InChI is InChI=1S/C11H11ClN2O2/c1-11(2,10(15)16)6-3-4-7-8(5-6)13-14-9(7)12/h3-5H,1-2H3,(H,13,14)(H,15,16). The Morgan fingerprint density at radius 2 is 2.19 bits per heavy atom. The topological polar surface area (TPSA) is 66.0 Å². The van der Waals surface area contributed by atoms with Gasteiger partial charge in [-0.3, -0.25) is 9.89 Å². The lowest BCUT2D eigenvalue weighted by molar-refractivity contribution is -0.142. The van der Waals surface area contributed by atoms with Crippen LogP contribution in [0.2, 0.25) is 5.15 Å². The van der Waals surface area contributed by atoms with Crippen LogP contribution >= 0.6 is 11.6 Å². The van der Waals surface area contributed by atoms with Crippen molar-refractivity contribution in [1.29, 1.82) is 0 Å². The summed E-state index contributed by atoms with van der Waals surface area (Å²) in [5.74, 6) is -0.867. The summed E-state index contributed by atoms with van der Waals surface area (Å²) in [5.41, 5.74) is 0.451. The molecule has 16 heavy (non-hydrogen) atoms. The maximum Gasteiger partial charge on any atom is 0.313 e. The lowest BCUT2D eigenvalue weighted by Crippen LogP contribution is -2.28. The number of rotatable bonds is 2. The minimum atomic E-state index is -0.931. The molecular formula is C11H11ClN2O2. The first-order valence-electron chi connectivity index (χ1n) is 4.80. The molecule has 0 fully saturated rings. The summed E-state index contributed by atoms with van der Waals surface area (Å²) in [6, 6.07) is 5.28. The zero-order valence-electron chi connectivity index (χ0n) is 8.91. The predicted molar refractivity (Wildman–Crippen MR) is 61.8 cm³/mol. The summed E-state index contributed by atoms with van der Waals surface area (Å²) in [6.07, 6.45) is 0. The first-order valence-corrected chi connectivity index (χ1v) is 5.18. The fourth-order valence-corrected chi connectivity index (χ4v) is 1.69. The molecular weight excluding hydrogens is 228 g/mol. The van der Waals surface area contributed by atoms with E-state index in [1.165, 1.54) is 0 Å². The third kappa shape index (κ3) is 1.55. The Labute approximate surface area is 97.2 Å². The number of fused-ring (bicyclic) bond motifs is 1. The number of nitrogens with one attached hydrogen (secondary N) is 1. The molecule has 0 unspecified atom stereocenters. The zero-order valence-corrected chi connectivity index (χ0v) is 9.67. The van der Waals surface area contributed by atoms with Crippen LogP contribution in [-0.4, -0.2) is 21.3 Å². The van der Waals surface area contributed by atoms with Gasteiger partial charge in [0.2, 0.25) is 0 Å². The second-order valence-corrected chi connectivity index (χ2v) is 4.58. The van der Waals surface area contributed by atoms with Gasteiger partial charge in [-0.1, -0.05) is 17.7 Å². The number of aromatic nitrogens is 2. The maximum atomic E-state index is 11.1. The highest BCUT2D eigenvalue weighted by molar-refractivity contribution is 6.34. The van der Waals surface area contributed by atoms with Crippen molar-refractivity contribution < 1.29 is 9.90 Å². The van der Waals surface area contributed by atoms with Gasteiger partial charge in [0, 0.05) is 5.39 Å². The van der Waals surface area contributed by atoms with Crippen LogP contribution in [0, 0.1) is 0 Å². The van der Waals surface area contributed by atoms with E-state index in [2.05, 4.69) is 10.2 Å². The fourth-order valence-electron chi connectivity index (χ4n) is 1.49. The Hall–Kier alpha value is -1.55. The molecule has 0 radical (unpaired) electrons. The zero-order chi connectivity index (χ0) is 11.9. The number of carboxylic acids is 1. The minimum Gasteiger partial charge on any atom is -0.481 e. The summed E-state index contributed by atoms with van der Waals surface area (Å²) >= 11 is 5.87. The first-order chi connectivity index (χ1) is 7.43. The minimum absolute atomic E-state index is 0.467. The third-order valence-electron chi connectivity index (χ3n) is 2.77. The average molecular weight is 239 g/mol. The number of H-pyrrole nitrogens is 1. The van der Waals surface area contributed by atoms with E-state index in [9.17, 15) is 4.79 Å². The van der Waals surface area contributed by atoms with Gasteiger partial charge in [0.15, 0.2) is 0 Å². The molecule has 1 heterocycles. The van der Waals surface area contributed by atoms with E-state index in [-0.39, 0.29) is 0 Å². The molecule has 0 aliphatic heterocycles. The highest BCUT2D eigenvalue weighted by atomic mass is 35.5. The van der Waals surface area contributed by atoms with E-state index in [4.69, 9.17) is 16.7 Å². The van der Waals surface area contributed by atoms with Crippen molar-refractivity contribution >= 4 is 28.5 Å². The van der Waals surface area contributed by atoms with Gasteiger partial charge in [0.1, 0.15) is 5.15 Å². The fraction of sp³-hybridized carbons (Fsp3) is 0.273. The van der Waals surface area contributed by atoms with Gasteiger partial charge < -0.3 is 5.11 Å². The molecule has 0 bridgehead atoms.